The van der Waals surface area contributed by atoms with Gasteiger partial charge in [-0.1, -0.05) is 19.3 Å². The Kier molecular flexibility index (Phi) is 7.71. The molecule has 3 fully saturated rings. The van der Waals surface area contributed by atoms with Crippen molar-refractivity contribution in [3.05, 3.63) is 29.8 Å². The molecule has 182 valence electrons. The van der Waals surface area contributed by atoms with Gasteiger partial charge in [0.1, 0.15) is 0 Å². The molecule has 2 aliphatic heterocycles. The molecule has 3 aliphatic rings. The second-order valence-electron chi connectivity index (χ2n) is 9.37. The van der Waals surface area contributed by atoms with E-state index in [9.17, 15) is 18.0 Å². The van der Waals surface area contributed by atoms with E-state index in [0.29, 0.717) is 45.0 Å². The lowest BCUT2D eigenvalue weighted by atomic mass is 9.95. The van der Waals surface area contributed by atoms with Crippen LogP contribution in [0.3, 0.4) is 0 Å². The van der Waals surface area contributed by atoms with E-state index >= 15 is 0 Å². The van der Waals surface area contributed by atoms with Crippen LogP contribution in [0.15, 0.2) is 29.2 Å². The lowest BCUT2D eigenvalue weighted by Crippen LogP contribution is -2.49. The maximum Gasteiger partial charge on any atom is 0.253 e. The molecule has 8 nitrogen and oxygen atoms in total. The van der Waals surface area contributed by atoms with Gasteiger partial charge in [-0.2, -0.15) is 4.31 Å². The van der Waals surface area contributed by atoms with Gasteiger partial charge in [0.15, 0.2) is 0 Å². The summed E-state index contributed by atoms with van der Waals surface area (Å²) in [5.41, 5.74) is 0.453. The van der Waals surface area contributed by atoms with E-state index in [2.05, 4.69) is 0 Å². The SMILES string of the molecule is CN(C1CCCCC1)S(=O)(=O)c1ccc(C(=O)N2CCCC(C(=O)N3CCOCC3)C2)cc1. The van der Waals surface area contributed by atoms with Crippen molar-refractivity contribution in [2.45, 2.75) is 55.9 Å². The number of likely N-dealkylation sites (tertiary alicyclic amines) is 1. The minimum atomic E-state index is -3.59. The van der Waals surface area contributed by atoms with Crippen molar-refractivity contribution in [1.29, 1.82) is 0 Å². The van der Waals surface area contributed by atoms with Crippen molar-refractivity contribution in [3.63, 3.8) is 0 Å². The van der Waals surface area contributed by atoms with Crippen LogP contribution >= 0.6 is 0 Å². The van der Waals surface area contributed by atoms with E-state index in [1.54, 1.807) is 24.1 Å². The lowest BCUT2D eigenvalue weighted by Gasteiger charge is -2.36. The number of benzene rings is 1. The van der Waals surface area contributed by atoms with E-state index in [1.165, 1.54) is 16.4 Å². The van der Waals surface area contributed by atoms with E-state index in [4.69, 9.17) is 4.74 Å². The summed E-state index contributed by atoms with van der Waals surface area (Å²) < 4.78 is 33.0. The zero-order valence-corrected chi connectivity index (χ0v) is 20.3. The lowest BCUT2D eigenvalue weighted by molar-refractivity contribution is -0.141. The van der Waals surface area contributed by atoms with Crippen LogP contribution in [0.4, 0.5) is 0 Å². The molecule has 1 unspecified atom stereocenters. The van der Waals surface area contributed by atoms with E-state index in [0.717, 1.165) is 44.9 Å². The first-order valence-corrected chi connectivity index (χ1v) is 13.6. The summed E-state index contributed by atoms with van der Waals surface area (Å²) >= 11 is 0. The van der Waals surface area contributed by atoms with Gasteiger partial charge in [-0.25, -0.2) is 8.42 Å². The first-order valence-electron chi connectivity index (χ1n) is 12.1. The molecule has 1 aromatic carbocycles. The van der Waals surface area contributed by atoms with Crippen LogP contribution in [0.2, 0.25) is 0 Å². The van der Waals surface area contributed by atoms with Crippen LogP contribution in [0, 0.1) is 5.92 Å². The number of nitrogens with zero attached hydrogens (tertiary/aromatic N) is 3. The Morgan fingerprint density at radius 1 is 0.909 bits per heavy atom. The third kappa shape index (κ3) is 5.41. The predicted molar refractivity (Wildman–Crippen MR) is 124 cm³/mol. The van der Waals surface area contributed by atoms with Crippen molar-refractivity contribution < 1.29 is 22.7 Å². The van der Waals surface area contributed by atoms with Crippen molar-refractivity contribution in [2.24, 2.45) is 5.92 Å². The quantitative estimate of drug-likeness (QED) is 0.650. The summed E-state index contributed by atoms with van der Waals surface area (Å²) in [5.74, 6) is -0.244. The molecular formula is C24H35N3O5S. The highest BCUT2D eigenvalue weighted by Gasteiger charge is 2.33. The number of morpholine rings is 1. The molecule has 0 aromatic heterocycles. The summed E-state index contributed by atoms with van der Waals surface area (Å²) in [5, 5.41) is 0. The molecule has 4 rings (SSSR count). The van der Waals surface area contributed by atoms with E-state index < -0.39 is 10.0 Å². The number of piperidine rings is 1. The van der Waals surface area contributed by atoms with Crippen molar-refractivity contribution in [3.8, 4) is 0 Å². The van der Waals surface area contributed by atoms with Crippen LogP contribution < -0.4 is 0 Å². The van der Waals surface area contributed by atoms with Crippen LogP contribution in [-0.2, 0) is 19.6 Å². The zero-order chi connectivity index (χ0) is 23.4. The smallest absolute Gasteiger partial charge is 0.253 e. The molecule has 1 aromatic rings. The third-order valence-electron chi connectivity index (χ3n) is 7.25. The van der Waals surface area contributed by atoms with Gasteiger partial charge in [0, 0.05) is 44.8 Å². The van der Waals surface area contributed by atoms with Gasteiger partial charge in [-0.3, -0.25) is 9.59 Å². The van der Waals surface area contributed by atoms with Gasteiger partial charge >= 0.3 is 0 Å². The molecule has 33 heavy (non-hydrogen) atoms. The number of carbonyl (C=O) groups excluding carboxylic acids is 2. The molecule has 0 spiro atoms. The molecule has 0 bridgehead atoms. The standard InChI is InChI=1S/C24H35N3O5S/c1-25(21-7-3-2-4-8-21)33(30,31)22-11-9-19(10-12-22)23(28)27-13-5-6-20(18-27)24(29)26-14-16-32-17-15-26/h9-12,20-21H,2-8,13-18H2,1H3. The highest BCUT2D eigenvalue weighted by atomic mass is 32.2. The average Bonchev–Trinajstić information content (AvgIpc) is 2.88. The van der Waals surface area contributed by atoms with Crippen LogP contribution in [-0.4, -0.2) is 86.8 Å². The van der Waals surface area contributed by atoms with E-state index in [-0.39, 0.29) is 28.7 Å². The van der Waals surface area contributed by atoms with Crippen molar-refractivity contribution in [1.82, 2.24) is 14.1 Å². The summed E-state index contributed by atoms with van der Waals surface area (Å²) in [7, 11) is -1.93. The molecule has 2 amide bonds. The Morgan fingerprint density at radius 3 is 2.24 bits per heavy atom. The van der Waals surface area contributed by atoms with Gasteiger partial charge in [0.25, 0.3) is 5.91 Å². The number of hydrogen-bond acceptors (Lipinski definition) is 5. The highest BCUT2D eigenvalue weighted by Crippen LogP contribution is 2.27. The molecular weight excluding hydrogens is 442 g/mol. The number of amides is 2. The molecule has 0 N–H and O–H groups in total. The minimum absolute atomic E-state index is 0.0411. The molecule has 9 heteroatoms. The summed E-state index contributed by atoms with van der Waals surface area (Å²) in [6, 6.07) is 6.29. The Balaban J connectivity index is 1.40. The summed E-state index contributed by atoms with van der Waals surface area (Å²) in [6.45, 7) is 3.34. The van der Waals surface area contributed by atoms with Gasteiger partial charge in [-0.15, -0.1) is 0 Å². The molecule has 1 aliphatic carbocycles. The van der Waals surface area contributed by atoms with Crippen molar-refractivity contribution >= 4 is 21.8 Å². The first kappa shape index (κ1) is 24.2. The van der Waals surface area contributed by atoms with Crippen LogP contribution in [0.5, 0.6) is 0 Å². The molecule has 0 radical (unpaired) electrons. The highest BCUT2D eigenvalue weighted by molar-refractivity contribution is 7.89. The normalized spacial score (nSPS) is 23.0. The Hall–Kier alpha value is -1.97. The molecule has 2 saturated heterocycles. The fourth-order valence-corrected chi connectivity index (χ4v) is 6.58. The number of hydrogen-bond donors (Lipinski definition) is 0. The Bertz CT molecular complexity index is 937. The molecule has 1 saturated carbocycles. The van der Waals surface area contributed by atoms with Gasteiger partial charge in [0.2, 0.25) is 15.9 Å². The fourth-order valence-electron chi connectivity index (χ4n) is 5.16. The van der Waals surface area contributed by atoms with Crippen LogP contribution in [0.1, 0.15) is 55.3 Å². The second kappa shape index (κ2) is 10.5. The number of sulfonamides is 1. The third-order valence-corrected chi connectivity index (χ3v) is 9.17. The Morgan fingerprint density at radius 2 is 1.58 bits per heavy atom. The number of carbonyl (C=O) groups is 2. The number of ether oxygens (including phenoxy) is 1. The monoisotopic (exact) mass is 477 g/mol. The van der Waals surface area contributed by atoms with Gasteiger partial charge in [-0.05, 0) is 49.9 Å². The summed E-state index contributed by atoms with van der Waals surface area (Å²) in [4.78, 5) is 29.8. The predicted octanol–water partition coefficient (Wildman–Crippen LogP) is 2.35. The zero-order valence-electron chi connectivity index (χ0n) is 19.4. The maximum atomic E-state index is 13.1. The van der Waals surface area contributed by atoms with Gasteiger partial charge in [0.05, 0.1) is 24.0 Å². The van der Waals surface area contributed by atoms with Crippen LogP contribution in [0.25, 0.3) is 0 Å². The molecule has 2 heterocycles. The first-order chi connectivity index (χ1) is 15.9. The minimum Gasteiger partial charge on any atom is -0.378 e. The average molecular weight is 478 g/mol. The molecule has 1 atom stereocenters. The van der Waals surface area contributed by atoms with E-state index in [1.807, 2.05) is 4.90 Å². The van der Waals surface area contributed by atoms with Crippen molar-refractivity contribution in [2.75, 3.05) is 46.4 Å². The Labute approximate surface area is 196 Å². The topological polar surface area (TPSA) is 87.2 Å². The van der Waals surface area contributed by atoms with Gasteiger partial charge < -0.3 is 14.5 Å². The summed E-state index contributed by atoms with van der Waals surface area (Å²) in [6.07, 6.45) is 6.63. The maximum absolute atomic E-state index is 13.1. The number of rotatable bonds is 5. The second-order valence-corrected chi connectivity index (χ2v) is 11.4. The fraction of sp³-hybridized carbons (Fsp3) is 0.667. The largest absolute Gasteiger partial charge is 0.378 e.